The lowest BCUT2D eigenvalue weighted by Crippen LogP contribution is -2.17. The quantitative estimate of drug-likeness (QED) is 0.382. The lowest BCUT2D eigenvalue weighted by molar-refractivity contribution is -0.149. The topological polar surface area (TPSA) is 26.3 Å². The molecule has 0 spiro atoms. The number of rotatable bonds is 11. The molecule has 102 valence electrons. The molecule has 0 aliphatic carbocycles. The third-order valence-electron chi connectivity index (χ3n) is 3.12. The molecule has 17 heavy (non-hydrogen) atoms. The Balaban J connectivity index is 3.60. The number of esters is 1. The summed E-state index contributed by atoms with van der Waals surface area (Å²) in [6.45, 7) is 6.46. The predicted octanol–water partition coefficient (Wildman–Crippen LogP) is 4.86. The maximum absolute atomic E-state index is 11.6. The van der Waals surface area contributed by atoms with E-state index in [9.17, 15) is 4.79 Å². The van der Waals surface area contributed by atoms with E-state index in [1.165, 1.54) is 25.7 Å². The van der Waals surface area contributed by atoms with Gasteiger partial charge in [0, 0.05) is 6.42 Å². The van der Waals surface area contributed by atoms with E-state index < -0.39 is 0 Å². The van der Waals surface area contributed by atoms with Crippen molar-refractivity contribution in [3.8, 4) is 0 Å². The number of hydrogen-bond donors (Lipinski definition) is 0. The maximum atomic E-state index is 11.6. The lowest BCUT2D eigenvalue weighted by Gasteiger charge is -2.16. The zero-order chi connectivity index (χ0) is 12.9. The molecule has 0 unspecified atom stereocenters. The van der Waals surface area contributed by atoms with Gasteiger partial charge in [0.2, 0.25) is 0 Å². The Morgan fingerprint density at radius 3 is 2.18 bits per heavy atom. The molecular weight excluding hydrogens is 212 g/mol. The number of carbonyl (C=O) groups is 1. The van der Waals surface area contributed by atoms with Crippen molar-refractivity contribution < 1.29 is 9.53 Å². The molecule has 0 amide bonds. The van der Waals surface area contributed by atoms with Gasteiger partial charge in [-0.15, -0.1) is 0 Å². The summed E-state index contributed by atoms with van der Waals surface area (Å²) in [5, 5.41) is 0. The van der Waals surface area contributed by atoms with Crippen LogP contribution in [0.2, 0.25) is 0 Å². The van der Waals surface area contributed by atoms with Crippen LogP contribution in [0, 0.1) is 0 Å². The minimum atomic E-state index is 0.000733. The Labute approximate surface area is 107 Å². The Morgan fingerprint density at radius 2 is 1.59 bits per heavy atom. The average Bonchev–Trinajstić information content (AvgIpc) is 2.33. The fourth-order valence-corrected chi connectivity index (χ4v) is 1.91. The Hall–Kier alpha value is -0.530. The van der Waals surface area contributed by atoms with Crippen molar-refractivity contribution in [1.82, 2.24) is 0 Å². The second-order valence-electron chi connectivity index (χ2n) is 4.83. The molecule has 2 heteroatoms. The average molecular weight is 242 g/mol. The van der Waals surface area contributed by atoms with Crippen molar-refractivity contribution in [2.75, 3.05) is 0 Å². The summed E-state index contributed by atoms with van der Waals surface area (Å²) < 4.78 is 5.49. The second-order valence-corrected chi connectivity index (χ2v) is 4.83. The van der Waals surface area contributed by atoms with E-state index >= 15 is 0 Å². The molecule has 0 rings (SSSR count). The summed E-state index contributed by atoms with van der Waals surface area (Å²) in [6, 6.07) is 0. The van der Waals surface area contributed by atoms with Crippen molar-refractivity contribution in [2.24, 2.45) is 0 Å². The van der Waals surface area contributed by atoms with Gasteiger partial charge in [-0.05, 0) is 25.7 Å². The largest absolute Gasteiger partial charge is 0.462 e. The van der Waals surface area contributed by atoms with Gasteiger partial charge in [0.05, 0.1) is 0 Å². The van der Waals surface area contributed by atoms with Crippen molar-refractivity contribution in [3.63, 3.8) is 0 Å². The number of unbranched alkanes of at least 4 members (excludes halogenated alkanes) is 5. The standard InChI is InChI=1S/C15H30O2/c1-4-7-9-11-12-14(6-3)17-15(16)13-10-8-5-2/h14H,4-13H2,1-3H3/t14-/m1/s1. The van der Waals surface area contributed by atoms with Crippen molar-refractivity contribution in [2.45, 2.75) is 91.1 Å². The Bertz CT molecular complexity index is 178. The van der Waals surface area contributed by atoms with Crippen LogP contribution in [0.1, 0.15) is 85.0 Å². The van der Waals surface area contributed by atoms with Gasteiger partial charge >= 0.3 is 5.97 Å². The van der Waals surface area contributed by atoms with Crippen LogP contribution in [0.25, 0.3) is 0 Å². The number of hydrogen-bond acceptors (Lipinski definition) is 2. The summed E-state index contributed by atoms with van der Waals surface area (Å²) in [7, 11) is 0. The zero-order valence-corrected chi connectivity index (χ0v) is 12.0. The fraction of sp³-hybridized carbons (Fsp3) is 0.933. The van der Waals surface area contributed by atoms with Gasteiger partial charge in [-0.1, -0.05) is 52.9 Å². The van der Waals surface area contributed by atoms with E-state index in [0.29, 0.717) is 6.42 Å². The lowest BCUT2D eigenvalue weighted by atomic mass is 10.1. The summed E-state index contributed by atoms with van der Waals surface area (Å²) in [5.74, 6) is 0.000733. The third-order valence-corrected chi connectivity index (χ3v) is 3.12. The molecule has 0 aliphatic rings. The van der Waals surface area contributed by atoms with Crippen molar-refractivity contribution in [1.29, 1.82) is 0 Å². The van der Waals surface area contributed by atoms with Crippen molar-refractivity contribution >= 4 is 5.97 Å². The number of ether oxygens (including phenoxy) is 1. The highest BCUT2D eigenvalue weighted by molar-refractivity contribution is 5.69. The highest BCUT2D eigenvalue weighted by Crippen LogP contribution is 2.12. The van der Waals surface area contributed by atoms with Crippen LogP contribution < -0.4 is 0 Å². The minimum Gasteiger partial charge on any atom is -0.462 e. The predicted molar refractivity (Wildman–Crippen MR) is 73.1 cm³/mol. The molecule has 0 N–H and O–H groups in total. The molecule has 1 atom stereocenters. The van der Waals surface area contributed by atoms with Crippen molar-refractivity contribution in [3.05, 3.63) is 0 Å². The number of carbonyl (C=O) groups excluding carboxylic acids is 1. The summed E-state index contributed by atoms with van der Waals surface area (Å²) in [4.78, 5) is 11.6. The van der Waals surface area contributed by atoms with Gasteiger partial charge in [0.1, 0.15) is 6.10 Å². The van der Waals surface area contributed by atoms with E-state index in [1.807, 2.05) is 0 Å². The van der Waals surface area contributed by atoms with Crippen LogP contribution >= 0.6 is 0 Å². The molecule has 0 aliphatic heterocycles. The summed E-state index contributed by atoms with van der Waals surface area (Å²) >= 11 is 0. The molecule has 0 bridgehead atoms. The summed E-state index contributed by atoms with van der Waals surface area (Å²) in [5.41, 5.74) is 0. The molecule has 0 radical (unpaired) electrons. The van der Waals surface area contributed by atoms with Gasteiger partial charge < -0.3 is 4.74 Å². The highest BCUT2D eigenvalue weighted by atomic mass is 16.5. The zero-order valence-electron chi connectivity index (χ0n) is 12.0. The molecule has 0 saturated carbocycles. The van der Waals surface area contributed by atoms with Crippen LogP contribution in [0.15, 0.2) is 0 Å². The molecule has 0 aromatic rings. The van der Waals surface area contributed by atoms with Crippen LogP contribution in [-0.2, 0) is 9.53 Å². The van der Waals surface area contributed by atoms with E-state index in [4.69, 9.17) is 4.74 Å². The normalized spacial score (nSPS) is 12.4. The van der Waals surface area contributed by atoms with Crippen LogP contribution in [-0.4, -0.2) is 12.1 Å². The smallest absolute Gasteiger partial charge is 0.306 e. The van der Waals surface area contributed by atoms with Crippen LogP contribution in [0.3, 0.4) is 0 Å². The highest BCUT2D eigenvalue weighted by Gasteiger charge is 2.11. The van der Waals surface area contributed by atoms with Gasteiger partial charge in [-0.25, -0.2) is 0 Å². The molecule has 0 saturated heterocycles. The third kappa shape index (κ3) is 10.3. The molecular formula is C15H30O2. The first-order valence-corrected chi connectivity index (χ1v) is 7.44. The van der Waals surface area contributed by atoms with E-state index in [-0.39, 0.29) is 12.1 Å². The van der Waals surface area contributed by atoms with Crippen LogP contribution in [0.5, 0.6) is 0 Å². The minimum absolute atomic E-state index is 0.000733. The molecule has 2 nitrogen and oxygen atoms in total. The van der Waals surface area contributed by atoms with E-state index in [0.717, 1.165) is 32.1 Å². The van der Waals surface area contributed by atoms with E-state index in [2.05, 4.69) is 20.8 Å². The maximum Gasteiger partial charge on any atom is 0.306 e. The monoisotopic (exact) mass is 242 g/mol. The van der Waals surface area contributed by atoms with Gasteiger partial charge in [0.25, 0.3) is 0 Å². The second kappa shape index (κ2) is 11.9. The first kappa shape index (κ1) is 16.5. The molecule has 0 fully saturated rings. The molecule has 0 heterocycles. The SMILES string of the molecule is CCCCCC[C@@H](CC)OC(=O)CCCCC. The van der Waals surface area contributed by atoms with Gasteiger partial charge in [-0.2, -0.15) is 0 Å². The fourth-order valence-electron chi connectivity index (χ4n) is 1.91. The Morgan fingerprint density at radius 1 is 0.941 bits per heavy atom. The first-order valence-electron chi connectivity index (χ1n) is 7.44. The molecule has 0 aromatic heterocycles. The van der Waals surface area contributed by atoms with Gasteiger partial charge in [-0.3, -0.25) is 4.79 Å². The van der Waals surface area contributed by atoms with E-state index in [1.54, 1.807) is 0 Å². The first-order chi connectivity index (χ1) is 8.24. The Kier molecular flexibility index (Phi) is 11.6. The molecule has 0 aromatic carbocycles. The summed E-state index contributed by atoms with van der Waals surface area (Å²) in [6.07, 6.45) is 11.0. The van der Waals surface area contributed by atoms with Gasteiger partial charge in [0.15, 0.2) is 0 Å². The van der Waals surface area contributed by atoms with Crippen LogP contribution in [0.4, 0.5) is 0 Å².